The van der Waals surface area contributed by atoms with Gasteiger partial charge in [0.05, 0.1) is 5.10 Å². The van der Waals surface area contributed by atoms with E-state index >= 15 is 0 Å². The molecular weight excluding hydrogens is 194 g/mol. The number of anilines is 2. The van der Waals surface area contributed by atoms with E-state index < -0.39 is 0 Å². The van der Waals surface area contributed by atoms with Crippen LogP contribution >= 0.6 is 0 Å². The molecule has 1 aromatic carbocycles. The molecule has 0 bridgehead atoms. The van der Waals surface area contributed by atoms with Crippen LogP contribution in [0.25, 0.3) is 11.0 Å². The summed E-state index contributed by atoms with van der Waals surface area (Å²) in [5, 5.41) is 18.0. The lowest BCUT2D eigenvalue weighted by molar-refractivity contribution is -0.641. The molecule has 0 aliphatic heterocycles. The highest BCUT2D eigenvalue weighted by Gasteiger charge is 2.09. The van der Waals surface area contributed by atoms with Gasteiger partial charge in [-0.25, -0.2) is 4.98 Å². The van der Waals surface area contributed by atoms with Crippen LogP contribution in [0, 0.1) is 5.21 Å². The van der Waals surface area contributed by atoms with E-state index in [1.807, 2.05) is 13.0 Å². The summed E-state index contributed by atoms with van der Waals surface area (Å²) in [6, 6.07) is 5.28. The monoisotopic (exact) mass is 205 g/mol. The van der Waals surface area contributed by atoms with Crippen molar-refractivity contribution in [1.82, 2.24) is 10.1 Å². The van der Waals surface area contributed by atoms with Gasteiger partial charge in [-0.1, -0.05) is 0 Å². The fourth-order valence-corrected chi connectivity index (χ4v) is 1.38. The smallest absolute Gasteiger partial charge is 0.288 e. The molecule has 0 saturated carbocycles. The molecule has 0 fully saturated rings. The van der Waals surface area contributed by atoms with Crippen molar-refractivity contribution in [1.29, 1.82) is 0 Å². The van der Waals surface area contributed by atoms with Crippen LogP contribution in [0.5, 0.6) is 0 Å². The van der Waals surface area contributed by atoms with Crippen LogP contribution in [0.4, 0.5) is 11.6 Å². The molecule has 2 aromatic rings. The maximum atomic E-state index is 11.4. The maximum absolute atomic E-state index is 11.4. The molecule has 6 heteroatoms. The minimum Gasteiger partial charge on any atom is -0.594 e. The van der Waals surface area contributed by atoms with Gasteiger partial charge in [-0.2, -0.15) is 0 Å². The van der Waals surface area contributed by atoms with Crippen molar-refractivity contribution >= 4 is 22.7 Å². The van der Waals surface area contributed by atoms with Crippen molar-refractivity contribution in [3.63, 3.8) is 0 Å². The SMILES string of the molecule is CCNc1ccc2nc(N)n[n+]([O-])c2c1. The molecule has 0 amide bonds. The van der Waals surface area contributed by atoms with Crippen LogP contribution in [0.3, 0.4) is 0 Å². The predicted molar refractivity (Wildman–Crippen MR) is 57.1 cm³/mol. The largest absolute Gasteiger partial charge is 0.594 e. The Morgan fingerprint density at radius 2 is 2.33 bits per heavy atom. The zero-order valence-corrected chi connectivity index (χ0v) is 8.27. The van der Waals surface area contributed by atoms with Crippen molar-refractivity contribution in [3.8, 4) is 0 Å². The topological polar surface area (TPSA) is 90.8 Å². The number of nitrogen functional groups attached to an aromatic ring is 1. The molecule has 6 nitrogen and oxygen atoms in total. The van der Waals surface area contributed by atoms with Crippen molar-refractivity contribution in [2.24, 2.45) is 0 Å². The number of hydrogen-bond acceptors (Lipinski definition) is 5. The van der Waals surface area contributed by atoms with E-state index in [0.717, 1.165) is 12.2 Å². The minimum absolute atomic E-state index is 0.0197. The van der Waals surface area contributed by atoms with Crippen molar-refractivity contribution in [2.45, 2.75) is 6.92 Å². The van der Waals surface area contributed by atoms with Crippen molar-refractivity contribution < 1.29 is 4.85 Å². The molecular formula is C9H11N5O. The highest BCUT2D eigenvalue weighted by atomic mass is 16.5. The van der Waals surface area contributed by atoms with Gasteiger partial charge in [0.2, 0.25) is 0 Å². The van der Waals surface area contributed by atoms with Gasteiger partial charge in [-0.15, -0.1) is 0 Å². The molecule has 0 radical (unpaired) electrons. The van der Waals surface area contributed by atoms with E-state index in [1.54, 1.807) is 12.1 Å². The van der Waals surface area contributed by atoms with Crippen LogP contribution < -0.4 is 15.9 Å². The lowest BCUT2D eigenvalue weighted by Gasteiger charge is -2.03. The van der Waals surface area contributed by atoms with E-state index in [0.29, 0.717) is 15.9 Å². The number of hydrogen-bond donors (Lipinski definition) is 2. The second kappa shape index (κ2) is 3.56. The molecule has 0 aliphatic rings. The summed E-state index contributed by atoms with van der Waals surface area (Å²) in [6.07, 6.45) is 0. The summed E-state index contributed by atoms with van der Waals surface area (Å²) in [4.78, 5) is 4.44. The lowest BCUT2D eigenvalue weighted by atomic mass is 10.2. The fourth-order valence-electron chi connectivity index (χ4n) is 1.38. The van der Waals surface area contributed by atoms with Gasteiger partial charge in [-0.3, -0.25) is 0 Å². The van der Waals surface area contributed by atoms with E-state index in [2.05, 4.69) is 15.4 Å². The number of nitrogens with two attached hydrogens (primary N) is 1. The van der Waals surface area contributed by atoms with Crippen LogP contribution in [0.2, 0.25) is 0 Å². The van der Waals surface area contributed by atoms with Crippen LogP contribution in [-0.2, 0) is 0 Å². The lowest BCUT2D eigenvalue weighted by Crippen LogP contribution is -2.33. The Morgan fingerprint density at radius 3 is 3.07 bits per heavy atom. The fraction of sp³-hybridized carbons (Fsp3) is 0.222. The Hall–Kier alpha value is -2.11. The van der Waals surface area contributed by atoms with E-state index in [9.17, 15) is 5.21 Å². The first-order chi connectivity index (χ1) is 7.20. The highest BCUT2D eigenvalue weighted by Crippen LogP contribution is 2.14. The third-order valence-corrected chi connectivity index (χ3v) is 1.99. The molecule has 1 aromatic heterocycles. The zero-order chi connectivity index (χ0) is 10.8. The molecule has 2 rings (SSSR count). The highest BCUT2D eigenvalue weighted by molar-refractivity contribution is 5.76. The summed E-state index contributed by atoms with van der Waals surface area (Å²) in [5.41, 5.74) is 7.17. The van der Waals surface area contributed by atoms with E-state index in [-0.39, 0.29) is 5.95 Å². The molecule has 1 heterocycles. The number of nitrogens with zero attached hydrogens (tertiary/aromatic N) is 3. The van der Waals surface area contributed by atoms with Gasteiger partial charge in [0, 0.05) is 18.3 Å². The summed E-state index contributed by atoms with van der Waals surface area (Å²) in [6.45, 7) is 2.77. The molecule has 3 N–H and O–H groups in total. The maximum Gasteiger partial charge on any atom is 0.288 e. The third kappa shape index (κ3) is 1.74. The summed E-state index contributed by atoms with van der Waals surface area (Å²) < 4.78 is 0. The zero-order valence-electron chi connectivity index (χ0n) is 8.27. The van der Waals surface area contributed by atoms with Gasteiger partial charge in [-0.05, 0) is 23.9 Å². The minimum atomic E-state index is -0.0197. The van der Waals surface area contributed by atoms with Gasteiger partial charge >= 0.3 is 0 Å². The Kier molecular flexibility index (Phi) is 2.24. The van der Waals surface area contributed by atoms with E-state index in [4.69, 9.17) is 5.73 Å². The Bertz CT molecular complexity index is 499. The average Bonchev–Trinajstić information content (AvgIpc) is 2.19. The van der Waals surface area contributed by atoms with Gasteiger partial charge in [0.1, 0.15) is 5.52 Å². The quantitative estimate of drug-likeness (QED) is 0.542. The number of nitrogens with one attached hydrogen (secondary N) is 1. The summed E-state index contributed by atoms with van der Waals surface area (Å²) in [5.74, 6) is -0.0197. The molecule has 78 valence electrons. The molecule has 0 spiro atoms. The van der Waals surface area contributed by atoms with Gasteiger partial charge < -0.3 is 16.3 Å². The standard InChI is InChI=1S/C9H11N5O/c1-2-11-6-3-4-7-8(5-6)14(15)13-9(10)12-7/h3-5,11H,2H2,1H3,(H2,10,12,13). The van der Waals surface area contributed by atoms with Gasteiger partial charge in [0.15, 0.2) is 0 Å². The van der Waals surface area contributed by atoms with Crippen molar-refractivity contribution in [3.05, 3.63) is 23.4 Å². The first kappa shape index (κ1) is 9.45. The number of rotatable bonds is 2. The first-order valence-electron chi connectivity index (χ1n) is 4.61. The molecule has 0 saturated heterocycles. The summed E-state index contributed by atoms with van der Waals surface area (Å²) in [7, 11) is 0. The Balaban J connectivity index is 2.60. The van der Waals surface area contributed by atoms with Crippen LogP contribution in [0.1, 0.15) is 6.92 Å². The number of fused-ring (bicyclic) bond motifs is 1. The molecule has 15 heavy (non-hydrogen) atoms. The normalized spacial score (nSPS) is 10.5. The van der Waals surface area contributed by atoms with Crippen molar-refractivity contribution in [2.75, 3.05) is 17.6 Å². The Morgan fingerprint density at radius 1 is 1.53 bits per heavy atom. The number of aromatic nitrogens is 3. The molecule has 0 aliphatic carbocycles. The third-order valence-electron chi connectivity index (χ3n) is 1.99. The van der Waals surface area contributed by atoms with Crippen LogP contribution in [0.15, 0.2) is 18.2 Å². The first-order valence-corrected chi connectivity index (χ1v) is 4.61. The number of benzene rings is 1. The molecule has 0 atom stereocenters. The van der Waals surface area contributed by atoms with Gasteiger partial charge in [0.25, 0.3) is 11.5 Å². The average molecular weight is 205 g/mol. The predicted octanol–water partition coefficient (Wildman–Crippen LogP) is 0.277. The second-order valence-electron chi connectivity index (χ2n) is 3.08. The second-order valence-corrected chi connectivity index (χ2v) is 3.08. The molecule has 0 unspecified atom stereocenters. The van der Waals surface area contributed by atoms with E-state index in [1.165, 1.54) is 0 Å². The summed E-state index contributed by atoms with van der Waals surface area (Å²) >= 11 is 0. The van der Waals surface area contributed by atoms with Crippen LogP contribution in [-0.4, -0.2) is 16.6 Å². The Labute approximate surface area is 86.3 Å².